The molecule has 2 aromatic rings. The third-order valence-electron chi connectivity index (χ3n) is 3.33. The van der Waals surface area contributed by atoms with Gasteiger partial charge >= 0.3 is 0 Å². The lowest BCUT2D eigenvalue weighted by Gasteiger charge is -2.24. The van der Waals surface area contributed by atoms with E-state index in [1.165, 1.54) is 0 Å². The van der Waals surface area contributed by atoms with Gasteiger partial charge in [0.1, 0.15) is 0 Å². The molecule has 1 aromatic heterocycles. The van der Waals surface area contributed by atoms with Gasteiger partial charge in [-0.3, -0.25) is 0 Å². The van der Waals surface area contributed by atoms with Gasteiger partial charge in [-0.25, -0.2) is 4.98 Å². The van der Waals surface area contributed by atoms with Gasteiger partial charge in [0, 0.05) is 6.04 Å². The predicted molar refractivity (Wildman–Crippen MR) is 65.3 cm³/mol. The number of rotatable bonds is 1. The topological polar surface area (TPSA) is 55.9 Å². The molecule has 1 saturated heterocycles. The van der Waals surface area contributed by atoms with Crippen molar-refractivity contribution in [1.29, 1.82) is 0 Å². The summed E-state index contributed by atoms with van der Waals surface area (Å²) in [5.74, 6) is 0. The average molecular weight is 216 g/mol. The Balaban J connectivity index is 2.09. The molecule has 0 spiro atoms. The van der Waals surface area contributed by atoms with Crippen LogP contribution in [0.1, 0.15) is 18.9 Å². The van der Waals surface area contributed by atoms with Crippen LogP contribution in [0, 0.1) is 0 Å². The number of nitrogens with one attached hydrogen (secondary N) is 1. The zero-order valence-corrected chi connectivity index (χ0v) is 9.19. The van der Waals surface area contributed by atoms with E-state index in [9.17, 15) is 0 Å². The zero-order chi connectivity index (χ0) is 11.0. The molecule has 1 aliphatic rings. The van der Waals surface area contributed by atoms with Crippen molar-refractivity contribution in [1.82, 2.24) is 14.9 Å². The minimum atomic E-state index is 0.538. The predicted octanol–water partition coefficient (Wildman–Crippen LogP) is 1.54. The van der Waals surface area contributed by atoms with Gasteiger partial charge in [-0.1, -0.05) is 6.07 Å². The molecular formula is C12H16N4. The number of para-hydroxylation sites is 1. The van der Waals surface area contributed by atoms with Crippen molar-refractivity contribution < 1.29 is 0 Å². The lowest BCUT2D eigenvalue weighted by atomic mass is 10.1. The van der Waals surface area contributed by atoms with Gasteiger partial charge in [-0.05, 0) is 38.1 Å². The minimum Gasteiger partial charge on any atom is -0.397 e. The van der Waals surface area contributed by atoms with Crippen molar-refractivity contribution in [3.8, 4) is 0 Å². The number of hydrogen-bond donors (Lipinski definition) is 2. The second-order valence-electron chi connectivity index (χ2n) is 4.35. The van der Waals surface area contributed by atoms with Crippen molar-refractivity contribution in [3.05, 3.63) is 24.5 Å². The summed E-state index contributed by atoms with van der Waals surface area (Å²) >= 11 is 0. The SMILES string of the molecule is Nc1cccc2ncn(C3CCNCC3)c12. The van der Waals surface area contributed by atoms with E-state index >= 15 is 0 Å². The maximum absolute atomic E-state index is 6.03. The van der Waals surface area contributed by atoms with Crippen LogP contribution in [0.15, 0.2) is 24.5 Å². The van der Waals surface area contributed by atoms with E-state index in [0.29, 0.717) is 6.04 Å². The monoisotopic (exact) mass is 216 g/mol. The summed E-state index contributed by atoms with van der Waals surface area (Å²) in [6.07, 6.45) is 4.23. The average Bonchev–Trinajstić information content (AvgIpc) is 2.75. The maximum Gasteiger partial charge on any atom is 0.0961 e. The van der Waals surface area contributed by atoms with Crippen molar-refractivity contribution in [2.75, 3.05) is 18.8 Å². The highest BCUT2D eigenvalue weighted by Crippen LogP contribution is 2.27. The highest BCUT2D eigenvalue weighted by Gasteiger charge is 2.17. The van der Waals surface area contributed by atoms with Crippen LogP contribution >= 0.6 is 0 Å². The first kappa shape index (κ1) is 9.66. The van der Waals surface area contributed by atoms with Gasteiger partial charge in [0.25, 0.3) is 0 Å². The van der Waals surface area contributed by atoms with Crippen LogP contribution in [0.5, 0.6) is 0 Å². The molecule has 0 unspecified atom stereocenters. The number of nitrogens with two attached hydrogens (primary N) is 1. The highest BCUT2D eigenvalue weighted by molar-refractivity contribution is 5.87. The van der Waals surface area contributed by atoms with E-state index in [0.717, 1.165) is 42.7 Å². The van der Waals surface area contributed by atoms with E-state index < -0.39 is 0 Å². The van der Waals surface area contributed by atoms with Crippen LogP contribution in [0.2, 0.25) is 0 Å². The molecule has 1 fully saturated rings. The van der Waals surface area contributed by atoms with E-state index in [4.69, 9.17) is 5.73 Å². The number of anilines is 1. The molecule has 4 heteroatoms. The van der Waals surface area contributed by atoms with Gasteiger partial charge in [0.15, 0.2) is 0 Å². The van der Waals surface area contributed by atoms with E-state index in [2.05, 4.69) is 14.9 Å². The highest BCUT2D eigenvalue weighted by atomic mass is 15.1. The molecule has 2 heterocycles. The molecule has 0 saturated carbocycles. The van der Waals surface area contributed by atoms with Crippen LogP contribution in [0.4, 0.5) is 5.69 Å². The molecule has 0 bridgehead atoms. The van der Waals surface area contributed by atoms with Crippen molar-refractivity contribution in [2.24, 2.45) is 0 Å². The van der Waals surface area contributed by atoms with Crippen LogP contribution in [0.3, 0.4) is 0 Å². The zero-order valence-electron chi connectivity index (χ0n) is 9.19. The van der Waals surface area contributed by atoms with Crippen LogP contribution in [0.25, 0.3) is 11.0 Å². The standard InChI is InChI=1S/C12H16N4/c13-10-2-1-3-11-12(10)16(8-15-11)9-4-6-14-7-5-9/h1-3,8-9,14H,4-7,13H2. The van der Waals surface area contributed by atoms with Crippen LogP contribution in [-0.4, -0.2) is 22.6 Å². The Bertz CT molecular complexity index is 497. The number of nitrogen functional groups attached to an aromatic ring is 1. The Morgan fingerprint density at radius 1 is 1.31 bits per heavy atom. The summed E-state index contributed by atoms with van der Waals surface area (Å²) < 4.78 is 2.24. The summed E-state index contributed by atoms with van der Waals surface area (Å²) in [5, 5.41) is 3.37. The summed E-state index contributed by atoms with van der Waals surface area (Å²) in [5.41, 5.74) is 8.95. The second kappa shape index (κ2) is 3.79. The molecule has 84 valence electrons. The van der Waals surface area contributed by atoms with Crippen LogP contribution in [-0.2, 0) is 0 Å². The first-order valence-electron chi connectivity index (χ1n) is 5.78. The van der Waals surface area contributed by atoms with E-state index in [1.54, 1.807) is 0 Å². The smallest absolute Gasteiger partial charge is 0.0961 e. The Labute approximate surface area is 94.5 Å². The number of fused-ring (bicyclic) bond motifs is 1. The first-order valence-corrected chi connectivity index (χ1v) is 5.78. The molecule has 3 N–H and O–H groups in total. The van der Waals surface area contributed by atoms with Gasteiger partial charge in [0.05, 0.1) is 23.0 Å². The number of imidazole rings is 1. The molecule has 0 radical (unpaired) electrons. The lowest BCUT2D eigenvalue weighted by molar-refractivity contribution is 0.375. The number of aromatic nitrogens is 2. The number of nitrogens with zero attached hydrogens (tertiary/aromatic N) is 2. The maximum atomic E-state index is 6.03. The fraction of sp³-hybridized carbons (Fsp3) is 0.417. The minimum absolute atomic E-state index is 0.538. The van der Waals surface area contributed by atoms with Gasteiger partial charge in [0.2, 0.25) is 0 Å². The summed E-state index contributed by atoms with van der Waals surface area (Å²) in [6, 6.07) is 6.46. The largest absolute Gasteiger partial charge is 0.397 e. The van der Waals surface area contributed by atoms with E-state index in [-0.39, 0.29) is 0 Å². The first-order chi connectivity index (χ1) is 7.86. The Kier molecular flexibility index (Phi) is 2.29. The van der Waals surface area contributed by atoms with Gasteiger partial charge in [-0.2, -0.15) is 0 Å². The molecule has 4 nitrogen and oxygen atoms in total. The molecule has 3 rings (SSSR count). The van der Waals surface area contributed by atoms with E-state index in [1.807, 2.05) is 24.5 Å². The number of piperidine rings is 1. The molecule has 0 atom stereocenters. The van der Waals surface area contributed by atoms with Crippen LogP contribution < -0.4 is 11.1 Å². The molecule has 0 amide bonds. The summed E-state index contributed by atoms with van der Waals surface area (Å²) in [7, 11) is 0. The fourth-order valence-corrected chi connectivity index (χ4v) is 2.48. The molecule has 16 heavy (non-hydrogen) atoms. The van der Waals surface area contributed by atoms with Gasteiger partial charge < -0.3 is 15.6 Å². The number of benzene rings is 1. The quantitative estimate of drug-likeness (QED) is 0.711. The lowest BCUT2D eigenvalue weighted by Crippen LogP contribution is -2.29. The second-order valence-corrected chi connectivity index (χ2v) is 4.35. The molecule has 1 aliphatic heterocycles. The van der Waals surface area contributed by atoms with Gasteiger partial charge in [-0.15, -0.1) is 0 Å². The molecular weight excluding hydrogens is 200 g/mol. The Morgan fingerprint density at radius 2 is 2.12 bits per heavy atom. The summed E-state index contributed by atoms with van der Waals surface area (Å²) in [4.78, 5) is 4.42. The van der Waals surface area contributed by atoms with Crippen molar-refractivity contribution in [2.45, 2.75) is 18.9 Å². The van der Waals surface area contributed by atoms with Crippen molar-refractivity contribution >= 4 is 16.7 Å². The summed E-state index contributed by atoms with van der Waals surface area (Å²) in [6.45, 7) is 2.16. The fourth-order valence-electron chi connectivity index (χ4n) is 2.48. The normalized spacial score (nSPS) is 18.0. The third kappa shape index (κ3) is 1.46. The molecule has 1 aromatic carbocycles. The Morgan fingerprint density at radius 3 is 2.94 bits per heavy atom. The third-order valence-corrected chi connectivity index (χ3v) is 3.33. The molecule has 0 aliphatic carbocycles. The Hall–Kier alpha value is -1.55. The number of hydrogen-bond acceptors (Lipinski definition) is 3. The van der Waals surface area contributed by atoms with Crippen molar-refractivity contribution in [3.63, 3.8) is 0 Å².